The summed E-state index contributed by atoms with van der Waals surface area (Å²) in [5, 5.41) is 5.01. The molecule has 0 bridgehead atoms. The number of ether oxygens (including phenoxy) is 1. The van der Waals surface area contributed by atoms with Gasteiger partial charge < -0.3 is 21.1 Å². The minimum absolute atomic E-state index is 0.140. The quantitative estimate of drug-likeness (QED) is 0.609. The molecule has 0 aliphatic carbocycles. The van der Waals surface area contributed by atoms with Gasteiger partial charge in [0, 0.05) is 5.69 Å². The highest BCUT2D eigenvalue weighted by atomic mass is 16.5. The largest absolute Gasteiger partial charge is 0.454 e. The van der Waals surface area contributed by atoms with Crippen molar-refractivity contribution in [1.29, 1.82) is 0 Å². The van der Waals surface area contributed by atoms with Crippen LogP contribution in [0, 0.1) is 5.92 Å². The van der Waals surface area contributed by atoms with Crippen molar-refractivity contribution in [1.82, 2.24) is 5.32 Å². The van der Waals surface area contributed by atoms with Crippen molar-refractivity contribution in [2.24, 2.45) is 11.7 Å². The summed E-state index contributed by atoms with van der Waals surface area (Å²) in [6.45, 7) is 3.35. The first-order chi connectivity index (χ1) is 13.3. The monoisotopic (exact) mass is 383 g/mol. The van der Waals surface area contributed by atoms with E-state index in [-0.39, 0.29) is 5.92 Å². The summed E-state index contributed by atoms with van der Waals surface area (Å²) in [6, 6.07) is 15.5. The third-order valence-corrected chi connectivity index (χ3v) is 3.93. The Kier molecular flexibility index (Phi) is 7.56. The zero-order valence-corrected chi connectivity index (χ0v) is 16.0. The number of benzene rings is 2. The van der Waals surface area contributed by atoms with E-state index in [2.05, 4.69) is 10.6 Å². The smallest absolute Gasteiger partial charge is 0.329 e. The van der Waals surface area contributed by atoms with E-state index in [0.717, 1.165) is 11.1 Å². The van der Waals surface area contributed by atoms with Crippen LogP contribution in [0.3, 0.4) is 0 Å². The minimum Gasteiger partial charge on any atom is -0.454 e. The summed E-state index contributed by atoms with van der Waals surface area (Å²) in [6.07, 6.45) is 0.365. The van der Waals surface area contributed by atoms with Crippen molar-refractivity contribution in [3.63, 3.8) is 0 Å². The van der Waals surface area contributed by atoms with Crippen molar-refractivity contribution in [2.45, 2.75) is 26.3 Å². The lowest BCUT2D eigenvalue weighted by atomic mass is 10.0. The molecular weight excluding hydrogens is 358 g/mol. The number of carbonyl (C=O) groups excluding carboxylic acids is 3. The number of carbonyl (C=O) groups is 3. The Bertz CT molecular complexity index is 804. The van der Waals surface area contributed by atoms with Crippen molar-refractivity contribution >= 4 is 23.6 Å². The summed E-state index contributed by atoms with van der Waals surface area (Å²) in [5.41, 5.74) is 7.78. The van der Waals surface area contributed by atoms with Gasteiger partial charge in [-0.25, -0.2) is 9.59 Å². The van der Waals surface area contributed by atoms with Crippen LogP contribution in [-0.4, -0.2) is 30.6 Å². The number of esters is 1. The van der Waals surface area contributed by atoms with E-state index in [1.807, 2.05) is 56.3 Å². The van der Waals surface area contributed by atoms with Crippen LogP contribution in [0.4, 0.5) is 10.5 Å². The van der Waals surface area contributed by atoms with Crippen LogP contribution in [0.5, 0.6) is 0 Å². The molecule has 4 N–H and O–H groups in total. The molecule has 28 heavy (non-hydrogen) atoms. The number of hydrogen-bond donors (Lipinski definition) is 3. The molecule has 0 saturated heterocycles. The summed E-state index contributed by atoms with van der Waals surface area (Å²) in [7, 11) is 0. The Balaban J connectivity index is 1.87. The molecule has 0 spiro atoms. The topological polar surface area (TPSA) is 111 Å². The van der Waals surface area contributed by atoms with Crippen molar-refractivity contribution in [3.05, 3.63) is 54.6 Å². The summed E-state index contributed by atoms with van der Waals surface area (Å²) in [4.78, 5) is 35.2. The highest BCUT2D eigenvalue weighted by Gasteiger charge is 2.23. The van der Waals surface area contributed by atoms with Gasteiger partial charge in [0.15, 0.2) is 6.61 Å². The summed E-state index contributed by atoms with van der Waals surface area (Å²) >= 11 is 0. The molecule has 0 aliphatic heterocycles. The van der Waals surface area contributed by atoms with Crippen LogP contribution < -0.4 is 16.4 Å². The van der Waals surface area contributed by atoms with Gasteiger partial charge in [0.05, 0.1) is 0 Å². The summed E-state index contributed by atoms with van der Waals surface area (Å²) in [5.74, 6) is -1.02. The Hall–Kier alpha value is -3.35. The van der Waals surface area contributed by atoms with Gasteiger partial charge in [0.25, 0.3) is 5.91 Å². The molecule has 0 aromatic heterocycles. The lowest BCUT2D eigenvalue weighted by Crippen LogP contribution is -2.45. The van der Waals surface area contributed by atoms with Crippen molar-refractivity contribution < 1.29 is 19.1 Å². The number of nitrogens with one attached hydrogen (secondary N) is 2. The van der Waals surface area contributed by atoms with Gasteiger partial charge in [-0.15, -0.1) is 0 Å². The normalized spacial score (nSPS) is 11.5. The molecule has 0 saturated carbocycles. The van der Waals surface area contributed by atoms with Gasteiger partial charge in [-0.3, -0.25) is 4.79 Å². The SMILES string of the molecule is CC(C)CC(NC(N)=O)C(=O)OCC(=O)Nc1ccc(-c2ccccc2)cc1. The summed E-state index contributed by atoms with van der Waals surface area (Å²) < 4.78 is 5.01. The van der Waals surface area contributed by atoms with Crippen LogP contribution in [0.25, 0.3) is 11.1 Å². The molecule has 2 aromatic rings. The van der Waals surface area contributed by atoms with Gasteiger partial charge in [0.1, 0.15) is 6.04 Å². The molecule has 0 fully saturated rings. The van der Waals surface area contributed by atoms with Gasteiger partial charge in [0.2, 0.25) is 0 Å². The second-order valence-corrected chi connectivity index (χ2v) is 6.79. The molecule has 0 aliphatic rings. The van der Waals surface area contributed by atoms with Crippen LogP contribution >= 0.6 is 0 Å². The Morgan fingerprint density at radius 2 is 1.57 bits per heavy atom. The molecule has 3 amide bonds. The van der Waals surface area contributed by atoms with E-state index >= 15 is 0 Å². The third-order valence-electron chi connectivity index (χ3n) is 3.93. The van der Waals surface area contributed by atoms with E-state index in [4.69, 9.17) is 10.5 Å². The maximum Gasteiger partial charge on any atom is 0.329 e. The first kappa shape index (κ1) is 21.0. The van der Waals surface area contributed by atoms with Gasteiger partial charge in [-0.1, -0.05) is 56.3 Å². The number of primary amides is 1. The predicted molar refractivity (Wildman–Crippen MR) is 107 cm³/mol. The molecule has 1 atom stereocenters. The number of nitrogens with two attached hydrogens (primary N) is 1. The Morgan fingerprint density at radius 1 is 0.964 bits per heavy atom. The molecule has 148 valence electrons. The number of rotatable bonds is 8. The zero-order valence-electron chi connectivity index (χ0n) is 16.0. The van der Waals surface area contributed by atoms with E-state index in [9.17, 15) is 14.4 Å². The molecule has 7 nitrogen and oxygen atoms in total. The number of anilines is 1. The number of urea groups is 1. The predicted octanol–water partition coefficient (Wildman–Crippen LogP) is 2.92. The van der Waals surface area contributed by atoms with Crippen LogP contribution in [0.1, 0.15) is 20.3 Å². The van der Waals surface area contributed by atoms with Crippen molar-refractivity contribution in [3.8, 4) is 11.1 Å². The fourth-order valence-electron chi connectivity index (χ4n) is 2.67. The lowest BCUT2D eigenvalue weighted by molar-refractivity contribution is -0.149. The highest BCUT2D eigenvalue weighted by Crippen LogP contribution is 2.20. The maximum absolute atomic E-state index is 12.1. The number of hydrogen-bond acceptors (Lipinski definition) is 4. The fraction of sp³-hybridized carbons (Fsp3) is 0.286. The highest BCUT2D eigenvalue weighted by molar-refractivity contribution is 5.93. The second-order valence-electron chi connectivity index (χ2n) is 6.79. The average molecular weight is 383 g/mol. The maximum atomic E-state index is 12.1. The Labute approximate surface area is 164 Å². The number of amides is 3. The van der Waals surface area contributed by atoms with E-state index in [1.54, 1.807) is 12.1 Å². The molecule has 0 radical (unpaired) electrons. The average Bonchev–Trinajstić information content (AvgIpc) is 2.66. The van der Waals surface area contributed by atoms with Crippen molar-refractivity contribution in [2.75, 3.05) is 11.9 Å². The third kappa shape index (κ3) is 6.75. The Morgan fingerprint density at radius 3 is 2.14 bits per heavy atom. The van der Waals surface area contributed by atoms with Crippen LogP contribution in [0.2, 0.25) is 0 Å². The fourth-order valence-corrected chi connectivity index (χ4v) is 2.67. The molecule has 1 unspecified atom stereocenters. The van der Waals surface area contributed by atoms with E-state index in [1.165, 1.54) is 0 Å². The molecule has 2 aromatic carbocycles. The van der Waals surface area contributed by atoms with E-state index < -0.39 is 30.6 Å². The van der Waals surface area contributed by atoms with Gasteiger partial charge in [-0.05, 0) is 35.6 Å². The van der Waals surface area contributed by atoms with Crippen LogP contribution in [-0.2, 0) is 14.3 Å². The molecule has 0 heterocycles. The minimum atomic E-state index is -0.879. The molecule has 2 rings (SSSR count). The standard InChI is InChI=1S/C21H25N3O4/c1-14(2)12-18(24-21(22)27)20(26)28-13-19(25)23-17-10-8-16(9-11-17)15-6-4-3-5-7-15/h3-11,14,18H,12-13H2,1-2H3,(H,23,25)(H3,22,24,27). The first-order valence-corrected chi connectivity index (χ1v) is 9.03. The lowest BCUT2D eigenvalue weighted by Gasteiger charge is -2.18. The second kappa shape index (κ2) is 10.1. The molecule has 7 heteroatoms. The first-order valence-electron chi connectivity index (χ1n) is 9.03. The van der Waals surface area contributed by atoms with E-state index in [0.29, 0.717) is 12.1 Å². The van der Waals surface area contributed by atoms with Crippen LogP contribution in [0.15, 0.2) is 54.6 Å². The van der Waals surface area contributed by atoms with Gasteiger partial charge in [-0.2, -0.15) is 0 Å². The zero-order chi connectivity index (χ0) is 20.5. The van der Waals surface area contributed by atoms with Gasteiger partial charge >= 0.3 is 12.0 Å². The molecular formula is C21H25N3O4.